The second-order valence-electron chi connectivity index (χ2n) is 3.87. The molecule has 0 radical (unpaired) electrons. The molecule has 1 rings (SSSR count). The Labute approximate surface area is 100 Å². The van der Waals surface area contributed by atoms with Crippen molar-refractivity contribution in [1.82, 2.24) is 0 Å². The van der Waals surface area contributed by atoms with Gasteiger partial charge >= 0.3 is 0 Å². The second kappa shape index (κ2) is 5.15. The van der Waals surface area contributed by atoms with Gasteiger partial charge in [-0.1, -0.05) is 13.8 Å². The molecule has 0 fully saturated rings. The number of carbonyl (C=O) groups is 1. The summed E-state index contributed by atoms with van der Waals surface area (Å²) in [4.78, 5) is 11.4. The zero-order valence-electron chi connectivity index (χ0n) is 9.60. The van der Waals surface area contributed by atoms with E-state index in [-0.39, 0.29) is 11.8 Å². The quantitative estimate of drug-likeness (QED) is 0.746. The van der Waals surface area contributed by atoms with Crippen LogP contribution in [0.25, 0.3) is 0 Å². The van der Waals surface area contributed by atoms with E-state index in [0.717, 1.165) is 0 Å². The molecule has 94 valence electrons. The van der Waals surface area contributed by atoms with Crippen molar-refractivity contribution in [3.05, 3.63) is 24.3 Å². The maximum atomic E-state index is 11.4. The van der Waals surface area contributed by atoms with Crippen LogP contribution in [0, 0.1) is 5.92 Å². The summed E-state index contributed by atoms with van der Waals surface area (Å²) in [5, 5.41) is 7.50. The lowest BCUT2D eigenvalue weighted by Crippen LogP contribution is -2.21. The number of carbonyl (C=O) groups excluding carboxylic acids is 1. The fourth-order valence-electron chi connectivity index (χ4n) is 1.07. The highest BCUT2D eigenvalue weighted by Gasteiger charge is 2.07. The fraction of sp³-hybridized carbons (Fsp3) is 0.300. The van der Waals surface area contributed by atoms with Gasteiger partial charge in [0.2, 0.25) is 5.91 Å². The first kappa shape index (κ1) is 13.5. The summed E-state index contributed by atoms with van der Waals surface area (Å²) in [6.45, 7) is 3.57. The predicted molar refractivity (Wildman–Crippen MR) is 66.6 cm³/mol. The molecule has 0 unspecified atom stereocenters. The van der Waals surface area contributed by atoms with E-state index >= 15 is 0 Å². The van der Waals surface area contributed by atoms with E-state index in [4.69, 9.17) is 5.14 Å². The van der Waals surface area contributed by atoms with Crippen LogP contribution in [0.2, 0.25) is 0 Å². The lowest BCUT2D eigenvalue weighted by molar-refractivity contribution is -0.118. The van der Waals surface area contributed by atoms with Crippen molar-refractivity contribution in [3.63, 3.8) is 0 Å². The molecule has 17 heavy (non-hydrogen) atoms. The standard InChI is InChI=1S/C10H15N3O3S/c1-7(2)10(14)12-8-3-5-9(6-4-8)13-17(11,15)16/h3-7,13H,1-2H3,(H,12,14)(H2,11,15,16). The Morgan fingerprint density at radius 2 is 1.65 bits per heavy atom. The van der Waals surface area contributed by atoms with Crippen molar-refractivity contribution in [3.8, 4) is 0 Å². The molecule has 0 heterocycles. The van der Waals surface area contributed by atoms with Gasteiger partial charge in [-0.3, -0.25) is 9.52 Å². The molecule has 0 saturated heterocycles. The first-order chi connectivity index (χ1) is 7.78. The van der Waals surface area contributed by atoms with Crippen LogP contribution in [0.4, 0.5) is 11.4 Å². The molecule has 1 amide bonds. The molecule has 0 atom stereocenters. The zero-order chi connectivity index (χ0) is 13.1. The molecule has 0 aromatic heterocycles. The average Bonchev–Trinajstić information content (AvgIpc) is 2.18. The van der Waals surface area contributed by atoms with E-state index in [9.17, 15) is 13.2 Å². The SMILES string of the molecule is CC(C)C(=O)Nc1ccc(NS(N)(=O)=O)cc1. The topological polar surface area (TPSA) is 101 Å². The molecule has 0 saturated carbocycles. The van der Waals surface area contributed by atoms with Crippen molar-refractivity contribution < 1.29 is 13.2 Å². The van der Waals surface area contributed by atoms with E-state index in [0.29, 0.717) is 11.4 Å². The lowest BCUT2D eigenvalue weighted by atomic mass is 10.2. The molecule has 0 aliphatic carbocycles. The third kappa shape index (κ3) is 4.83. The summed E-state index contributed by atoms with van der Waals surface area (Å²) >= 11 is 0. The summed E-state index contributed by atoms with van der Waals surface area (Å²) in [5.41, 5.74) is 0.943. The summed E-state index contributed by atoms with van der Waals surface area (Å²) < 4.78 is 23.6. The molecule has 0 bridgehead atoms. The van der Waals surface area contributed by atoms with Gasteiger partial charge in [-0.2, -0.15) is 8.42 Å². The van der Waals surface area contributed by atoms with E-state index in [1.54, 1.807) is 26.0 Å². The van der Waals surface area contributed by atoms with E-state index in [2.05, 4.69) is 10.0 Å². The third-order valence-corrected chi connectivity index (χ3v) is 2.46. The Morgan fingerprint density at radius 3 is 2.06 bits per heavy atom. The highest BCUT2D eigenvalue weighted by atomic mass is 32.2. The van der Waals surface area contributed by atoms with Gasteiger partial charge in [0.25, 0.3) is 10.2 Å². The lowest BCUT2D eigenvalue weighted by Gasteiger charge is -2.08. The molecular weight excluding hydrogens is 242 g/mol. The van der Waals surface area contributed by atoms with E-state index in [1.807, 2.05) is 0 Å². The summed E-state index contributed by atoms with van der Waals surface area (Å²) in [7, 11) is -3.76. The van der Waals surface area contributed by atoms with E-state index in [1.165, 1.54) is 12.1 Å². The van der Waals surface area contributed by atoms with Gasteiger partial charge in [0.15, 0.2) is 0 Å². The average molecular weight is 257 g/mol. The zero-order valence-corrected chi connectivity index (χ0v) is 10.4. The van der Waals surface area contributed by atoms with Crippen LogP contribution < -0.4 is 15.2 Å². The number of nitrogens with two attached hydrogens (primary N) is 1. The van der Waals surface area contributed by atoms with Crippen LogP contribution in [0.15, 0.2) is 24.3 Å². The summed E-state index contributed by atoms with van der Waals surface area (Å²) in [6, 6.07) is 6.21. The highest BCUT2D eigenvalue weighted by molar-refractivity contribution is 7.90. The van der Waals surface area contributed by atoms with Crippen LogP contribution in [0.1, 0.15) is 13.8 Å². The van der Waals surface area contributed by atoms with Crippen LogP contribution >= 0.6 is 0 Å². The van der Waals surface area contributed by atoms with Crippen LogP contribution in [0.5, 0.6) is 0 Å². The van der Waals surface area contributed by atoms with Gasteiger partial charge in [0, 0.05) is 17.3 Å². The monoisotopic (exact) mass is 257 g/mol. The minimum Gasteiger partial charge on any atom is -0.326 e. The minimum absolute atomic E-state index is 0.0999. The van der Waals surface area contributed by atoms with E-state index < -0.39 is 10.2 Å². The predicted octanol–water partition coefficient (Wildman–Crippen LogP) is 0.897. The number of amides is 1. The maximum absolute atomic E-state index is 11.4. The molecule has 0 aliphatic rings. The van der Waals surface area contributed by atoms with Crippen molar-refractivity contribution in [2.45, 2.75) is 13.8 Å². The number of anilines is 2. The van der Waals surface area contributed by atoms with Crippen molar-refractivity contribution in [2.75, 3.05) is 10.0 Å². The maximum Gasteiger partial charge on any atom is 0.296 e. The molecule has 6 nitrogen and oxygen atoms in total. The normalized spacial score (nSPS) is 11.3. The molecule has 0 spiro atoms. The summed E-state index contributed by atoms with van der Waals surface area (Å²) in [6.07, 6.45) is 0. The smallest absolute Gasteiger partial charge is 0.296 e. The number of benzene rings is 1. The fourth-order valence-corrected chi connectivity index (χ4v) is 1.54. The molecule has 7 heteroatoms. The highest BCUT2D eigenvalue weighted by Crippen LogP contribution is 2.14. The summed E-state index contributed by atoms with van der Waals surface area (Å²) in [5.74, 6) is -0.214. The first-order valence-electron chi connectivity index (χ1n) is 4.99. The van der Waals surface area contributed by atoms with Gasteiger partial charge < -0.3 is 5.32 Å². The van der Waals surface area contributed by atoms with Crippen molar-refractivity contribution in [2.24, 2.45) is 11.1 Å². The van der Waals surface area contributed by atoms with Gasteiger partial charge in [0.05, 0.1) is 0 Å². The van der Waals surface area contributed by atoms with Crippen molar-refractivity contribution in [1.29, 1.82) is 0 Å². The Kier molecular flexibility index (Phi) is 4.08. The Balaban J connectivity index is 2.72. The minimum atomic E-state index is -3.76. The molecule has 0 aliphatic heterocycles. The molecule has 1 aromatic carbocycles. The number of hydrogen-bond donors (Lipinski definition) is 3. The van der Waals surface area contributed by atoms with Crippen molar-refractivity contribution >= 4 is 27.5 Å². The molecular formula is C10H15N3O3S. The van der Waals surface area contributed by atoms with Gasteiger partial charge in [0.1, 0.15) is 0 Å². The first-order valence-corrected chi connectivity index (χ1v) is 6.54. The van der Waals surface area contributed by atoms with Crippen LogP contribution in [-0.2, 0) is 15.0 Å². The molecule has 4 N–H and O–H groups in total. The van der Waals surface area contributed by atoms with Gasteiger partial charge in [-0.05, 0) is 24.3 Å². The van der Waals surface area contributed by atoms with Gasteiger partial charge in [-0.15, -0.1) is 0 Å². The number of rotatable bonds is 4. The largest absolute Gasteiger partial charge is 0.326 e. The Morgan fingerprint density at radius 1 is 1.18 bits per heavy atom. The van der Waals surface area contributed by atoms with Crippen LogP contribution in [-0.4, -0.2) is 14.3 Å². The van der Waals surface area contributed by atoms with Crippen LogP contribution in [0.3, 0.4) is 0 Å². The Bertz CT molecular complexity index is 494. The molecule has 1 aromatic rings. The number of hydrogen-bond acceptors (Lipinski definition) is 3. The second-order valence-corrected chi connectivity index (χ2v) is 5.16. The van der Waals surface area contributed by atoms with Gasteiger partial charge in [-0.25, -0.2) is 5.14 Å². The number of nitrogens with one attached hydrogen (secondary N) is 2. The third-order valence-electron chi connectivity index (χ3n) is 1.94. The Hall–Kier alpha value is -1.60.